The zero-order valence-electron chi connectivity index (χ0n) is 20.0. The van der Waals surface area contributed by atoms with Crippen LogP contribution in [-0.2, 0) is 17.5 Å². The molecule has 10 heteroatoms. The van der Waals surface area contributed by atoms with Gasteiger partial charge in [0.05, 0.1) is 23.4 Å². The SMILES string of the molecule is COc1ccc([C@@H]2c3sc(=O)n(CC(=O)Nc4ccccc4C(F)(F)F)c3S[C@@H]3[C@H]4CC[C@@H](C4)[C@@H]23)cc1. The molecular formula is C27H25F3N2O3S2. The van der Waals surface area contributed by atoms with Crippen molar-refractivity contribution in [2.75, 3.05) is 12.4 Å². The van der Waals surface area contributed by atoms with Crippen LogP contribution in [0.15, 0.2) is 58.4 Å². The van der Waals surface area contributed by atoms with Crippen LogP contribution in [-0.4, -0.2) is 22.8 Å². The number of hydrogen-bond acceptors (Lipinski definition) is 5. The summed E-state index contributed by atoms with van der Waals surface area (Å²) >= 11 is 2.85. The van der Waals surface area contributed by atoms with Crippen LogP contribution < -0.4 is 14.9 Å². The Morgan fingerprint density at radius 1 is 1.11 bits per heavy atom. The number of halogens is 3. The summed E-state index contributed by atoms with van der Waals surface area (Å²) < 4.78 is 47.0. The Hall–Kier alpha value is -2.72. The molecule has 3 aliphatic rings. The van der Waals surface area contributed by atoms with Gasteiger partial charge >= 0.3 is 11.0 Å². The summed E-state index contributed by atoms with van der Waals surface area (Å²) in [5, 5.41) is 3.52. The van der Waals surface area contributed by atoms with Gasteiger partial charge in [0.1, 0.15) is 12.3 Å². The van der Waals surface area contributed by atoms with Gasteiger partial charge in [-0.05, 0) is 66.8 Å². The van der Waals surface area contributed by atoms with E-state index in [0.717, 1.165) is 38.6 Å². The van der Waals surface area contributed by atoms with Gasteiger partial charge in [0.2, 0.25) is 5.91 Å². The molecule has 0 unspecified atom stereocenters. The average molecular weight is 547 g/mol. The highest BCUT2D eigenvalue weighted by molar-refractivity contribution is 8.00. The Labute approximate surface area is 220 Å². The van der Waals surface area contributed by atoms with Gasteiger partial charge in [-0.15, -0.1) is 11.8 Å². The molecule has 1 aliphatic heterocycles. The highest BCUT2D eigenvalue weighted by Crippen LogP contribution is 2.64. The molecule has 37 heavy (non-hydrogen) atoms. The number of nitrogens with one attached hydrogen (secondary N) is 1. The molecule has 194 valence electrons. The molecule has 5 nitrogen and oxygen atoms in total. The molecule has 6 rings (SSSR count). The molecule has 2 aromatic carbocycles. The smallest absolute Gasteiger partial charge is 0.418 e. The van der Waals surface area contributed by atoms with Crippen molar-refractivity contribution in [2.24, 2.45) is 17.8 Å². The molecule has 2 saturated carbocycles. The molecule has 1 aromatic heterocycles. The largest absolute Gasteiger partial charge is 0.497 e. The van der Waals surface area contributed by atoms with Crippen LogP contribution in [0.5, 0.6) is 5.75 Å². The second-order valence-electron chi connectivity index (χ2n) is 9.96. The van der Waals surface area contributed by atoms with Crippen molar-refractivity contribution in [1.29, 1.82) is 0 Å². The van der Waals surface area contributed by atoms with E-state index in [1.807, 2.05) is 12.1 Å². The Balaban J connectivity index is 1.34. The monoisotopic (exact) mass is 546 g/mol. The first-order chi connectivity index (χ1) is 17.7. The van der Waals surface area contributed by atoms with Crippen LogP contribution in [0, 0.1) is 17.8 Å². The van der Waals surface area contributed by atoms with Crippen LogP contribution in [0.2, 0.25) is 0 Å². The van der Waals surface area contributed by atoms with Crippen LogP contribution in [0.3, 0.4) is 0 Å². The standard InChI is InChI=1S/C27H25F3N2O3S2/c1-35-17-10-8-14(9-11-17)21-22-15-6-7-16(12-15)23(22)36-25-24(21)37-26(34)32(25)13-20(33)31-19-5-3-2-4-18(19)27(28,29)30/h2-5,8-11,15-16,21-23H,6-7,12-13H2,1H3,(H,31,33)/t15-,16-,21-,22-,23+/m0/s1. The van der Waals surface area contributed by atoms with E-state index in [9.17, 15) is 22.8 Å². The highest BCUT2D eigenvalue weighted by atomic mass is 32.2. The number of rotatable bonds is 5. The number of ether oxygens (including phenoxy) is 1. The van der Waals surface area contributed by atoms with Crippen LogP contribution in [0.25, 0.3) is 0 Å². The number of carbonyl (C=O) groups is 1. The van der Waals surface area contributed by atoms with E-state index in [2.05, 4.69) is 17.4 Å². The zero-order chi connectivity index (χ0) is 25.9. The number of nitrogens with zero attached hydrogens (tertiary/aromatic N) is 1. The second-order valence-corrected chi connectivity index (χ2v) is 12.1. The fourth-order valence-corrected chi connectivity index (χ4v) is 9.60. The molecular weight excluding hydrogens is 521 g/mol. The Morgan fingerprint density at radius 2 is 1.84 bits per heavy atom. The van der Waals surface area contributed by atoms with Crippen molar-refractivity contribution in [3.05, 3.63) is 74.2 Å². The minimum atomic E-state index is -4.60. The van der Waals surface area contributed by atoms with Crippen LogP contribution in [0.4, 0.5) is 18.9 Å². The molecule has 1 amide bonds. The van der Waals surface area contributed by atoms with E-state index in [1.165, 1.54) is 42.0 Å². The lowest BCUT2D eigenvalue weighted by Crippen LogP contribution is -2.34. The summed E-state index contributed by atoms with van der Waals surface area (Å²) in [4.78, 5) is 26.8. The first-order valence-corrected chi connectivity index (χ1v) is 13.9. The maximum atomic E-state index is 13.4. The van der Waals surface area contributed by atoms with Crippen molar-refractivity contribution in [3.8, 4) is 5.75 Å². The van der Waals surface area contributed by atoms with Gasteiger partial charge in [-0.2, -0.15) is 13.2 Å². The number of methoxy groups -OCH3 is 1. The Bertz CT molecular complexity index is 1400. The normalized spacial score (nSPS) is 26.0. The summed E-state index contributed by atoms with van der Waals surface area (Å²) in [6.45, 7) is -0.329. The van der Waals surface area contributed by atoms with Gasteiger partial charge in [0.15, 0.2) is 0 Å². The fraction of sp³-hybridized carbons (Fsp3) is 0.407. The highest BCUT2D eigenvalue weighted by Gasteiger charge is 2.55. The minimum absolute atomic E-state index is 0.0513. The third-order valence-corrected chi connectivity index (χ3v) is 10.8. The number of aromatic nitrogens is 1. The number of hydrogen-bond donors (Lipinski definition) is 1. The third-order valence-electron chi connectivity index (χ3n) is 7.97. The number of fused-ring (bicyclic) bond motifs is 6. The number of carbonyl (C=O) groups excluding carboxylic acids is 1. The molecule has 0 radical (unpaired) electrons. The number of alkyl halides is 3. The van der Waals surface area contributed by atoms with Gasteiger partial charge in [-0.25, -0.2) is 0 Å². The third kappa shape index (κ3) is 4.27. The van der Waals surface area contributed by atoms with Gasteiger partial charge < -0.3 is 10.1 Å². The lowest BCUT2D eigenvalue weighted by molar-refractivity contribution is -0.137. The summed E-state index contributed by atoms with van der Waals surface area (Å²) in [5.41, 5.74) is -0.0993. The van der Waals surface area contributed by atoms with Gasteiger partial charge in [-0.3, -0.25) is 14.2 Å². The summed E-state index contributed by atoms with van der Waals surface area (Å²) in [7, 11) is 1.63. The van der Waals surface area contributed by atoms with Crippen molar-refractivity contribution in [3.63, 3.8) is 0 Å². The van der Waals surface area contributed by atoms with Crippen LogP contribution in [0.1, 0.15) is 41.2 Å². The van der Waals surface area contributed by atoms with Gasteiger partial charge in [0, 0.05) is 16.0 Å². The van der Waals surface area contributed by atoms with E-state index in [4.69, 9.17) is 4.74 Å². The molecule has 2 aliphatic carbocycles. The summed E-state index contributed by atoms with van der Waals surface area (Å²) in [6.07, 6.45) is -1.04. The van der Waals surface area contributed by atoms with E-state index < -0.39 is 17.6 Å². The maximum absolute atomic E-state index is 13.4. The molecule has 5 atom stereocenters. The molecule has 3 aromatic rings. The lowest BCUT2D eigenvalue weighted by atomic mass is 9.75. The first kappa shape index (κ1) is 24.6. The minimum Gasteiger partial charge on any atom is -0.497 e. The molecule has 2 heterocycles. The van der Waals surface area contributed by atoms with Gasteiger partial charge in [-0.1, -0.05) is 35.6 Å². The molecule has 0 spiro atoms. The maximum Gasteiger partial charge on any atom is 0.418 e. The number of anilines is 1. The number of benzene rings is 2. The fourth-order valence-electron chi connectivity index (χ4n) is 6.44. The van der Waals surface area contributed by atoms with E-state index in [0.29, 0.717) is 23.0 Å². The predicted octanol–water partition coefficient (Wildman–Crippen LogP) is 6.23. The lowest BCUT2D eigenvalue weighted by Gasteiger charge is -2.40. The molecule has 0 saturated heterocycles. The van der Waals surface area contributed by atoms with Crippen LogP contribution >= 0.6 is 23.1 Å². The number of para-hydroxylation sites is 1. The van der Waals surface area contributed by atoms with Crippen molar-refractivity contribution >= 4 is 34.7 Å². The number of amides is 1. The Morgan fingerprint density at radius 3 is 2.57 bits per heavy atom. The topological polar surface area (TPSA) is 60.3 Å². The number of thiazole rings is 1. The van der Waals surface area contributed by atoms with Crippen molar-refractivity contribution in [1.82, 2.24) is 4.57 Å². The molecule has 2 fully saturated rings. The summed E-state index contributed by atoms with van der Waals surface area (Å²) in [5.74, 6) is 1.76. The van der Waals surface area contributed by atoms with Gasteiger partial charge in [0.25, 0.3) is 0 Å². The van der Waals surface area contributed by atoms with E-state index in [-0.39, 0.29) is 23.0 Å². The number of thioether (sulfide) groups is 1. The average Bonchev–Trinajstić information content (AvgIpc) is 3.57. The van der Waals surface area contributed by atoms with E-state index >= 15 is 0 Å². The summed E-state index contributed by atoms with van der Waals surface area (Å²) in [6, 6.07) is 12.9. The quantitative estimate of drug-likeness (QED) is 0.412. The Kier molecular flexibility index (Phi) is 6.14. The predicted molar refractivity (Wildman–Crippen MR) is 137 cm³/mol. The van der Waals surface area contributed by atoms with E-state index in [1.54, 1.807) is 18.9 Å². The molecule has 2 bridgehead atoms. The van der Waals surface area contributed by atoms with Crippen molar-refractivity contribution in [2.45, 2.75) is 48.2 Å². The van der Waals surface area contributed by atoms with Crippen molar-refractivity contribution < 1.29 is 22.7 Å². The first-order valence-electron chi connectivity index (χ1n) is 12.2. The second kappa shape index (κ2) is 9.23. The molecule has 1 N–H and O–H groups in total. The zero-order valence-corrected chi connectivity index (χ0v) is 21.6.